The van der Waals surface area contributed by atoms with Gasteiger partial charge in [-0.25, -0.2) is 0 Å². The van der Waals surface area contributed by atoms with Crippen LogP contribution in [0.1, 0.15) is 0 Å². The van der Waals surface area contributed by atoms with Gasteiger partial charge in [-0.15, -0.1) is 0 Å². The van der Waals surface area contributed by atoms with E-state index in [0.717, 1.165) is 11.4 Å². The van der Waals surface area contributed by atoms with Crippen LogP contribution in [0.25, 0.3) is 88.4 Å². The molecule has 0 fully saturated rings. The van der Waals surface area contributed by atoms with Gasteiger partial charge in [0.15, 0.2) is 0 Å². The van der Waals surface area contributed by atoms with Crippen molar-refractivity contribution in [3.05, 3.63) is 194 Å². The lowest BCUT2D eigenvalue weighted by Crippen LogP contribution is -1.97. The minimum atomic E-state index is 1.14. The molecule has 0 spiro atoms. The first-order chi connectivity index (χ1) is 24.8. The van der Waals surface area contributed by atoms with Gasteiger partial charge in [-0.3, -0.25) is 0 Å². The molecule has 0 saturated heterocycles. The third-order valence-electron chi connectivity index (χ3n) is 10.1. The molecular formula is C48H32N2. The Balaban J connectivity index is 1.27. The first kappa shape index (κ1) is 28.4. The number of hydrogen-bond donors (Lipinski definition) is 0. The van der Waals surface area contributed by atoms with Gasteiger partial charge < -0.3 is 9.13 Å². The zero-order valence-corrected chi connectivity index (χ0v) is 27.4. The summed E-state index contributed by atoms with van der Waals surface area (Å²) in [5.41, 5.74) is 14.3. The van der Waals surface area contributed by atoms with Crippen LogP contribution in [0.2, 0.25) is 0 Å². The Labute approximate surface area is 290 Å². The average Bonchev–Trinajstić information content (AvgIpc) is 3.71. The molecular weight excluding hydrogens is 605 g/mol. The zero-order chi connectivity index (χ0) is 33.0. The van der Waals surface area contributed by atoms with Gasteiger partial charge in [-0.1, -0.05) is 146 Å². The van der Waals surface area contributed by atoms with Crippen LogP contribution >= 0.6 is 0 Å². The fourth-order valence-corrected chi connectivity index (χ4v) is 7.85. The van der Waals surface area contributed by atoms with Crippen molar-refractivity contribution in [2.75, 3.05) is 0 Å². The monoisotopic (exact) mass is 636 g/mol. The van der Waals surface area contributed by atoms with E-state index >= 15 is 0 Å². The lowest BCUT2D eigenvalue weighted by Gasteiger charge is -2.15. The number of benzene rings is 8. The highest BCUT2D eigenvalue weighted by Crippen LogP contribution is 2.41. The SMILES string of the molecule is c1ccc(-c2cc(-c3ccccc3)cc(-n3c4ccccc4c4ccc(-c5cccc6c7ccccc7n(-c7ccccc7)c56)cc43)c2)cc1. The van der Waals surface area contributed by atoms with E-state index in [1.165, 1.54) is 77.0 Å². The third-order valence-corrected chi connectivity index (χ3v) is 10.1. The average molecular weight is 637 g/mol. The lowest BCUT2D eigenvalue weighted by molar-refractivity contribution is 1.18. The topological polar surface area (TPSA) is 9.86 Å². The number of aromatic nitrogens is 2. The maximum absolute atomic E-state index is 2.46. The number of hydrogen-bond acceptors (Lipinski definition) is 0. The van der Waals surface area contributed by atoms with Gasteiger partial charge in [0.25, 0.3) is 0 Å². The van der Waals surface area contributed by atoms with Crippen LogP contribution in [-0.2, 0) is 0 Å². The standard InChI is InChI=1S/C48H32N2/c1-4-15-33(16-5-1)36-29-37(34-17-6-2-7-18-34)31-39(30-36)49-45-25-12-10-21-41(45)43-28-27-35(32-47(43)49)40-23-14-24-44-42-22-11-13-26-46(42)50(48(40)44)38-19-8-3-9-20-38/h1-32H. The van der Waals surface area contributed by atoms with Crippen LogP contribution in [0.5, 0.6) is 0 Å². The van der Waals surface area contributed by atoms with Gasteiger partial charge >= 0.3 is 0 Å². The Morgan fingerprint density at radius 3 is 1.44 bits per heavy atom. The molecule has 10 aromatic rings. The Morgan fingerprint density at radius 2 is 0.780 bits per heavy atom. The summed E-state index contributed by atoms with van der Waals surface area (Å²) in [4.78, 5) is 0. The molecule has 0 atom stereocenters. The van der Waals surface area contributed by atoms with Gasteiger partial charge in [0.2, 0.25) is 0 Å². The number of rotatable bonds is 5. The van der Waals surface area contributed by atoms with Crippen LogP contribution in [0.15, 0.2) is 194 Å². The van der Waals surface area contributed by atoms with E-state index in [0.29, 0.717) is 0 Å². The molecule has 0 unspecified atom stereocenters. The van der Waals surface area contributed by atoms with E-state index < -0.39 is 0 Å². The maximum Gasteiger partial charge on any atom is 0.0619 e. The van der Waals surface area contributed by atoms with E-state index in [1.54, 1.807) is 0 Å². The highest BCUT2D eigenvalue weighted by molar-refractivity contribution is 6.15. The molecule has 0 amide bonds. The van der Waals surface area contributed by atoms with Crippen molar-refractivity contribution in [3.63, 3.8) is 0 Å². The molecule has 234 valence electrons. The predicted molar refractivity (Wildman–Crippen MR) is 211 cm³/mol. The van der Waals surface area contributed by atoms with Crippen LogP contribution in [0.3, 0.4) is 0 Å². The van der Waals surface area contributed by atoms with E-state index in [-0.39, 0.29) is 0 Å². The van der Waals surface area contributed by atoms with Crippen molar-refractivity contribution >= 4 is 43.6 Å². The molecule has 0 aliphatic carbocycles. The largest absolute Gasteiger partial charge is 0.309 e. The second kappa shape index (κ2) is 11.5. The summed E-state index contributed by atoms with van der Waals surface area (Å²) in [6.07, 6.45) is 0. The van der Waals surface area contributed by atoms with Gasteiger partial charge in [0.1, 0.15) is 0 Å². The normalized spacial score (nSPS) is 11.6. The summed E-state index contributed by atoms with van der Waals surface area (Å²) in [5.74, 6) is 0. The maximum atomic E-state index is 2.46. The molecule has 2 nitrogen and oxygen atoms in total. The molecule has 2 heterocycles. The number of para-hydroxylation sites is 4. The molecule has 0 radical (unpaired) electrons. The Bertz CT molecular complexity index is 2780. The van der Waals surface area contributed by atoms with Crippen LogP contribution < -0.4 is 0 Å². The zero-order valence-electron chi connectivity index (χ0n) is 27.4. The van der Waals surface area contributed by atoms with Crippen molar-refractivity contribution in [1.82, 2.24) is 9.13 Å². The van der Waals surface area contributed by atoms with Crippen molar-refractivity contribution in [2.24, 2.45) is 0 Å². The molecule has 10 rings (SSSR count). The molecule has 0 aliphatic heterocycles. The van der Waals surface area contributed by atoms with Crippen molar-refractivity contribution < 1.29 is 0 Å². The Hall–Kier alpha value is -6.64. The van der Waals surface area contributed by atoms with Crippen LogP contribution in [-0.4, -0.2) is 9.13 Å². The molecule has 0 N–H and O–H groups in total. The van der Waals surface area contributed by atoms with Crippen molar-refractivity contribution in [1.29, 1.82) is 0 Å². The first-order valence-corrected chi connectivity index (χ1v) is 17.2. The van der Waals surface area contributed by atoms with E-state index in [2.05, 4.69) is 203 Å². The molecule has 2 heteroatoms. The molecule has 8 aromatic carbocycles. The lowest BCUT2D eigenvalue weighted by atomic mass is 9.97. The third kappa shape index (κ3) is 4.50. The summed E-state index contributed by atoms with van der Waals surface area (Å²) in [5, 5.41) is 5.00. The van der Waals surface area contributed by atoms with Gasteiger partial charge in [-0.2, -0.15) is 0 Å². The summed E-state index contributed by atoms with van der Waals surface area (Å²) >= 11 is 0. The molecule has 2 aromatic heterocycles. The second-order valence-electron chi connectivity index (χ2n) is 13.0. The van der Waals surface area contributed by atoms with E-state index in [9.17, 15) is 0 Å². The van der Waals surface area contributed by atoms with Crippen molar-refractivity contribution in [3.8, 4) is 44.8 Å². The van der Waals surface area contributed by atoms with Crippen LogP contribution in [0, 0.1) is 0 Å². The summed E-state index contributed by atoms with van der Waals surface area (Å²) in [7, 11) is 0. The second-order valence-corrected chi connectivity index (χ2v) is 13.0. The van der Waals surface area contributed by atoms with E-state index in [1.807, 2.05) is 0 Å². The first-order valence-electron chi connectivity index (χ1n) is 17.2. The molecule has 50 heavy (non-hydrogen) atoms. The minimum Gasteiger partial charge on any atom is -0.309 e. The van der Waals surface area contributed by atoms with Crippen molar-refractivity contribution in [2.45, 2.75) is 0 Å². The summed E-state index contributed by atoms with van der Waals surface area (Å²) in [6.45, 7) is 0. The number of nitrogens with zero attached hydrogens (tertiary/aromatic N) is 2. The highest BCUT2D eigenvalue weighted by Gasteiger charge is 2.19. The Kier molecular flexibility index (Phi) is 6.53. The molecule has 0 bridgehead atoms. The predicted octanol–water partition coefficient (Wildman–Crippen LogP) is 12.9. The Morgan fingerprint density at radius 1 is 0.260 bits per heavy atom. The molecule has 0 saturated carbocycles. The summed E-state index contributed by atoms with van der Waals surface area (Å²) < 4.78 is 4.88. The van der Waals surface area contributed by atoms with Gasteiger partial charge in [0, 0.05) is 38.5 Å². The fourth-order valence-electron chi connectivity index (χ4n) is 7.85. The highest BCUT2D eigenvalue weighted by atomic mass is 15.0. The smallest absolute Gasteiger partial charge is 0.0619 e. The van der Waals surface area contributed by atoms with Crippen LogP contribution in [0.4, 0.5) is 0 Å². The summed E-state index contributed by atoms with van der Waals surface area (Å²) in [6, 6.07) is 70.5. The number of fused-ring (bicyclic) bond motifs is 6. The van der Waals surface area contributed by atoms with E-state index in [4.69, 9.17) is 0 Å². The van der Waals surface area contributed by atoms with Gasteiger partial charge in [0.05, 0.1) is 22.1 Å². The van der Waals surface area contributed by atoms with Gasteiger partial charge in [-0.05, 0) is 76.3 Å². The fraction of sp³-hybridized carbons (Fsp3) is 0. The molecule has 0 aliphatic rings. The quantitative estimate of drug-likeness (QED) is 0.178. The minimum absolute atomic E-state index is 1.14.